The van der Waals surface area contributed by atoms with Crippen molar-refractivity contribution in [1.82, 2.24) is 5.32 Å². The van der Waals surface area contributed by atoms with Crippen molar-refractivity contribution in [2.45, 2.75) is 51.0 Å². The lowest BCUT2D eigenvalue weighted by Gasteiger charge is -2.25. The van der Waals surface area contributed by atoms with Gasteiger partial charge in [-0.2, -0.15) is 0 Å². The fraction of sp³-hybridized carbons (Fsp3) is 0.909. The highest BCUT2D eigenvalue weighted by atomic mass is 16.4. The molecular formula is C11H21NO2. The predicted molar refractivity (Wildman–Crippen MR) is 56.3 cm³/mol. The summed E-state index contributed by atoms with van der Waals surface area (Å²) in [5, 5.41) is 11.8. The standard InChI is InChI=1S/C11H21NO2/c1-12-10(8-11(13)14)7-9-5-3-2-4-6-9/h9-10,12H,2-8H2,1H3,(H,13,14). The lowest BCUT2D eigenvalue weighted by atomic mass is 9.84. The van der Waals surface area contributed by atoms with Crippen LogP contribution in [-0.4, -0.2) is 24.2 Å². The first-order chi connectivity index (χ1) is 6.72. The zero-order chi connectivity index (χ0) is 10.4. The maximum Gasteiger partial charge on any atom is 0.304 e. The predicted octanol–water partition coefficient (Wildman–Crippen LogP) is 2.02. The van der Waals surface area contributed by atoms with E-state index in [1.807, 2.05) is 7.05 Å². The van der Waals surface area contributed by atoms with Gasteiger partial charge in [-0.15, -0.1) is 0 Å². The van der Waals surface area contributed by atoms with Crippen LogP contribution in [0.4, 0.5) is 0 Å². The van der Waals surface area contributed by atoms with Crippen LogP contribution in [0.25, 0.3) is 0 Å². The monoisotopic (exact) mass is 199 g/mol. The molecule has 82 valence electrons. The van der Waals surface area contributed by atoms with E-state index in [2.05, 4.69) is 5.32 Å². The molecule has 0 aromatic heterocycles. The molecule has 1 unspecified atom stereocenters. The van der Waals surface area contributed by atoms with Crippen LogP contribution in [0.2, 0.25) is 0 Å². The Morgan fingerprint density at radius 1 is 1.43 bits per heavy atom. The summed E-state index contributed by atoms with van der Waals surface area (Å²) in [4.78, 5) is 10.6. The smallest absolute Gasteiger partial charge is 0.304 e. The highest BCUT2D eigenvalue weighted by Crippen LogP contribution is 2.27. The van der Waals surface area contributed by atoms with Crippen LogP contribution < -0.4 is 5.32 Å². The van der Waals surface area contributed by atoms with Crippen molar-refractivity contribution in [2.24, 2.45) is 5.92 Å². The van der Waals surface area contributed by atoms with Crippen molar-refractivity contribution >= 4 is 5.97 Å². The third-order valence-electron chi connectivity index (χ3n) is 3.17. The number of nitrogens with one attached hydrogen (secondary N) is 1. The molecule has 0 aromatic rings. The Hall–Kier alpha value is -0.570. The van der Waals surface area contributed by atoms with Crippen LogP contribution in [0.15, 0.2) is 0 Å². The van der Waals surface area contributed by atoms with Gasteiger partial charge in [0, 0.05) is 6.04 Å². The molecule has 0 radical (unpaired) electrons. The molecule has 14 heavy (non-hydrogen) atoms. The Labute approximate surface area is 85.9 Å². The molecule has 0 aliphatic heterocycles. The summed E-state index contributed by atoms with van der Waals surface area (Å²) in [6.07, 6.45) is 7.88. The Morgan fingerprint density at radius 2 is 2.07 bits per heavy atom. The minimum atomic E-state index is -0.694. The molecule has 1 saturated carbocycles. The molecule has 1 aliphatic rings. The number of carbonyl (C=O) groups is 1. The molecular weight excluding hydrogens is 178 g/mol. The molecule has 1 atom stereocenters. The van der Waals surface area contributed by atoms with E-state index in [4.69, 9.17) is 5.11 Å². The first-order valence-corrected chi connectivity index (χ1v) is 5.61. The number of hydrogen-bond acceptors (Lipinski definition) is 2. The van der Waals surface area contributed by atoms with Crippen LogP contribution in [0.5, 0.6) is 0 Å². The molecule has 0 bridgehead atoms. The van der Waals surface area contributed by atoms with Gasteiger partial charge in [0.15, 0.2) is 0 Å². The summed E-state index contributed by atoms with van der Waals surface area (Å²) in [6, 6.07) is 0.163. The molecule has 0 amide bonds. The highest BCUT2D eigenvalue weighted by Gasteiger charge is 2.19. The molecule has 1 aliphatic carbocycles. The van der Waals surface area contributed by atoms with Gasteiger partial charge in [0.25, 0.3) is 0 Å². The Kier molecular flexibility index (Phi) is 4.94. The molecule has 0 aromatic carbocycles. The summed E-state index contributed by atoms with van der Waals surface area (Å²) < 4.78 is 0. The minimum Gasteiger partial charge on any atom is -0.481 e. The quantitative estimate of drug-likeness (QED) is 0.712. The lowest BCUT2D eigenvalue weighted by molar-refractivity contribution is -0.137. The summed E-state index contributed by atoms with van der Waals surface area (Å²) in [5.74, 6) is 0.0562. The van der Waals surface area contributed by atoms with E-state index in [0.717, 1.165) is 12.3 Å². The lowest BCUT2D eigenvalue weighted by Crippen LogP contribution is -2.30. The molecule has 0 saturated heterocycles. The van der Waals surface area contributed by atoms with Gasteiger partial charge in [-0.05, 0) is 19.4 Å². The van der Waals surface area contributed by atoms with Gasteiger partial charge in [-0.1, -0.05) is 32.1 Å². The third-order valence-corrected chi connectivity index (χ3v) is 3.17. The Morgan fingerprint density at radius 3 is 2.57 bits per heavy atom. The van der Waals surface area contributed by atoms with Gasteiger partial charge >= 0.3 is 5.97 Å². The van der Waals surface area contributed by atoms with Gasteiger partial charge in [0.2, 0.25) is 0 Å². The van der Waals surface area contributed by atoms with E-state index < -0.39 is 5.97 Å². The number of carboxylic acids is 1. The molecule has 0 heterocycles. The van der Waals surface area contributed by atoms with E-state index in [1.54, 1.807) is 0 Å². The first kappa shape index (κ1) is 11.5. The summed E-state index contributed by atoms with van der Waals surface area (Å²) >= 11 is 0. The second kappa shape index (κ2) is 6.02. The maximum atomic E-state index is 10.6. The average Bonchev–Trinajstić information content (AvgIpc) is 2.17. The largest absolute Gasteiger partial charge is 0.481 e. The minimum absolute atomic E-state index is 0.163. The molecule has 1 rings (SSSR count). The Balaban J connectivity index is 2.27. The zero-order valence-corrected chi connectivity index (χ0v) is 8.96. The van der Waals surface area contributed by atoms with Gasteiger partial charge in [0.1, 0.15) is 0 Å². The van der Waals surface area contributed by atoms with E-state index in [0.29, 0.717) is 0 Å². The van der Waals surface area contributed by atoms with Crippen molar-refractivity contribution < 1.29 is 9.90 Å². The van der Waals surface area contributed by atoms with E-state index in [-0.39, 0.29) is 12.5 Å². The van der Waals surface area contributed by atoms with Crippen molar-refractivity contribution in [2.75, 3.05) is 7.05 Å². The zero-order valence-electron chi connectivity index (χ0n) is 8.96. The summed E-state index contributed by atoms with van der Waals surface area (Å²) in [6.45, 7) is 0. The van der Waals surface area contributed by atoms with Crippen LogP contribution in [0.1, 0.15) is 44.9 Å². The number of carboxylic acid groups (broad SMARTS) is 1. The van der Waals surface area contributed by atoms with Gasteiger partial charge in [0.05, 0.1) is 6.42 Å². The molecule has 3 heteroatoms. The third kappa shape index (κ3) is 4.09. The molecule has 1 fully saturated rings. The average molecular weight is 199 g/mol. The summed E-state index contributed by atoms with van der Waals surface area (Å²) in [5.41, 5.74) is 0. The number of rotatable bonds is 5. The molecule has 0 spiro atoms. The van der Waals surface area contributed by atoms with Crippen molar-refractivity contribution in [3.63, 3.8) is 0 Å². The fourth-order valence-electron chi connectivity index (χ4n) is 2.34. The van der Waals surface area contributed by atoms with E-state index >= 15 is 0 Å². The van der Waals surface area contributed by atoms with Gasteiger partial charge < -0.3 is 10.4 Å². The van der Waals surface area contributed by atoms with Gasteiger partial charge in [-0.3, -0.25) is 4.79 Å². The van der Waals surface area contributed by atoms with E-state index in [1.165, 1.54) is 32.1 Å². The SMILES string of the molecule is CNC(CC(=O)O)CC1CCCCC1. The van der Waals surface area contributed by atoms with Crippen LogP contribution in [0, 0.1) is 5.92 Å². The highest BCUT2D eigenvalue weighted by molar-refractivity contribution is 5.67. The topological polar surface area (TPSA) is 49.3 Å². The number of aliphatic carboxylic acids is 1. The van der Waals surface area contributed by atoms with Crippen molar-refractivity contribution in [3.8, 4) is 0 Å². The number of hydrogen-bond donors (Lipinski definition) is 2. The van der Waals surface area contributed by atoms with Crippen LogP contribution in [0.3, 0.4) is 0 Å². The van der Waals surface area contributed by atoms with Crippen LogP contribution in [-0.2, 0) is 4.79 Å². The second-order valence-corrected chi connectivity index (χ2v) is 4.32. The van der Waals surface area contributed by atoms with E-state index in [9.17, 15) is 4.79 Å². The normalized spacial score (nSPS) is 20.6. The second-order valence-electron chi connectivity index (χ2n) is 4.32. The van der Waals surface area contributed by atoms with Crippen molar-refractivity contribution in [1.29, 1.82) is 0 Å². The Bertz CT molecular complexity index is 176. The summed E-state index contributed by atoms with van der Waals surface area (Å²) in [7, 11) is 1.86. The van der Waals surface area contributed by atoms with Crippen LogP contribution >= 0.6 is 0 Å². The molecule has 3 nitrogen and oxygen atoms in total. The fourth-order valence-corrected chi connectivity index (χ4v) is 2.34. The van der Waals surface area contributed by atoms with Crippen molar-refractivity contribution in [3.05, 3.63) is 0 Å². The first-order valence-electron chi connectivity index (χ1n) is 5.61. The maximum absolute atomic E-state index is 10.6. The molecule has 2 N–H and O–H groups in total. The van der Waals surface area contributed by atoms with Gasteiger partial charge in [-0.25, -0.2) is 0 Å².